The Labute approximate surface area is 188 Å². The molecule has 1 aliphatic rings. The number of nitrogens with one attached hydrogen (secondary N) is 1. The van der Waals surface area contributed by atoms with Crippen molar-refractivity contribution in [3.05, 3.63) is 45.6 Å². The van der Waals surface area contributed by atoms with E-state index >= 15 is 0 Å². The number of aryl methyl sites for hydroxylation is 1. The number of halogens is 3. The molecule has 0 aromatic heterocycles. The summed E-state index contributed by atoms with van der Waals surface area (Å²) in [5, 5.41) is 2.68. The molecule has 0 heterocycles. The predicted molar refractivity (Wildman–Crippen MR) is 114 cm³/mol. The van der Waals surface area contributed by atoms with Crippen molar-refractivity contribution in [2.45, 2.75) is 25.1 Å². The molecule has 1 aliphatic carbocycles. The number of ether oxygens (including phenoxy) is 4. The minimum absolute atomic E-state index is 0.0641. The van der Waals surface area contributed by atoms with E-state index in [2.05, 4.69) is 5.32 Å². The molecule has 2 aromatic rings. The maximum absolute atomic E-state index is 12.8. The lowest BCUT2D eigenvalue weighted by Gasteiger charge is -2.20. The molecule has 1 atom stereocenters. The van der Waals surface area contributed by atoms with Gasteiger partial charge in [-0.3, -0.25) is 9.59 Å². The molecule has 0 bridgehead atoms. The number of Topliss-reactive ketones (excluding diaryl/α,β-unsaturated/α-hetero) is 1. The van der Waals surface area contributed by atoms with E-state index in [9.17, 15) is 22.8 Å². The Balaban J connectivity index is 2.26. The molecule has 10 heteroatoms. The largest absolute Gasteiger partial charge is 0.493 e. The zero-order chi connectivity index (χ0) is 24.3. The van der Waals surface area contributed by atoms with Crippen molar-refractivity contribution in [2.75, 3.05) is 35.0 Å². The summed E-state index contributed by atoms with van der Waals surface area (Å²) in [6.45, 7) is -0.919. The Morgan fingerprint density at radius 1 is 1.00 bits per heavy atom. The van der Waals surface area contributed by atoms with Crippen molar-refractivity contribution in [1.82, 2.24) is 5.32 Å². The third-order valence-corrected chi connectivity index (χ3v) is 5.55. The minimum atomic E-state index is -4.96. The van der Waals surface area contributed by atoms with E-state index in [0.717, 1.165) is 5.56 Å². The van der Waals surface area contributed by atoms with E-state index in [-0.39, 0.29) is 5.75 Å². The highest BCUT2D eigenvalue weighted by Gasteiger charge is 2.38. The maximum Gasteiger partial charge on any atom is 0.451 e. The van der Waals surface area contributed by atoms with Gasteiger partial charge in [0.15, 0.2) is 17.2 Å². The van der Waals surface area contributed by atoms with Crippen LogP contribution in [0, 0.1) is 0 Å². The molecule has 1 N–H and O–H groups in total. The van der Waals surface area contributed by atoms with Crippen molar-refractivity contribution < 1.29 is 36.9 Å². The van der Waals surface area contributed by atoms with E-state index in [4.69, 9.17) is 18.9 Å². The lowest BCUT2D eigenvalue weighted by molar-refractivity contribution is -0.170. The van der Waals surface area contributed by atoms with Gasteiger partial charge in [0.2, 0.25) is 17.0 Å². The second-order valence-electron chi connectivity index (χ2n) is 7.35. The standard InChI is InChI=1S/C23H24F3NO6/c1-30-17-8-6-13-14(10-16(17)28)15(27-11-19(29)23(24,25)26)7-5-12-9-18(31-2)21(32-3)22(33-4)20(12)13/h6,8-10,15,27H,5,7,11H2,1-4H3. The predicted octanol–water partition coefficient (Wildman–Crippen LogP) is 3.46. The summed E-state index contributed by atoms with van der Waals surface area (Å²) in [6.07, 6.45) is -4.23. The van der Waals surface area contributed by atoms with Gasteiger partial charge in [-0.25, -0.2) is 0 Å². The van der Waals surface area contributed by atoms with Crippen LogP contribution in [0.1, 0.15) is 23.6 Å². The van der Waals surface area contributed by atoms with Gasteiger partial charge in [0.1, 0.15) is 0 Å². The summed E-state index contributed by atoms with van der Waals surface area (Å²) >= 11 is 0. The number of carbonyl (C=O) groups is 1. The normalized spacial score (nSPS) is 15.1. The van der Waals surface area contributed by atoms with Crippen LogP contribution in [0.3, 0.4) is 0 Å². The first kappa shape index (κ1) is 24.4. The van der Waals surface area contributed by atoms with Crippen LogP contribution in [0.5, 0.6) is 23.0 Å². The van der Waals surface area contributed by atoms with Gasteiger partial charge >= 0.3 is 6.18 Å². The van der Waals surface area contributed by atoms with Crippen LogP contribution in [-0.4, -0.2) is 46.9 Å². The Kier molecular flexibility index (Phi) is 7.16. The first-order chi connectivity index (χ1) is 15.7. The van der Waals surface area contributed by atoms with E-state index in [1.54, 1.807) is 12.1 Å². The number of fused-ring (bicyclic) bond motifs is 3. The highest BCUT2D eigenvalue weighted by Crippen LogP contribution is 2.50. The van der Waals surface area contributed by atoms with E-state index in [1.165, 1.54) is 40.6 Å². The number of benzene rings is 1. The highest BCUT2D eigenvalue weighted by atomic mass is 19.4. The first-order valence-electron chi connectivity index (χ1n) is 10.0. The van der Waals surface area contributed by atoms with Crippen LogP contribution < -0.4 is 29.7 Å². The second-order valence-corrected chi connectivity index (χ2v) is 7.35. The molecule has 0 saturated heterocycles. The lowest BCUT2D eigenvalue weighted by Crippen LogP contribution is -2.35. The van der Waals surface area contributed by atoms with Gasteiger partial charge < -0.3 is 24.3 Å². The summed E-state index contributed by atoms with van der Waals surface area (Å²) in [4.78, 5) is 24.2. The number of alkyl halides is 3. The molecule has 33 heavy (non-hydrogen) atoms. The SMILES string of the molecule is COc1cc2c(c(OC)c1OC)-c1ccc(OC)c(=O)cc1C(NCC(=O)C(F)(F)F)CC2. The van der Waals surface area contributed by atoms with Crippen molar-refractivity contribution in [2.24, 2.45) is 0 Å². The van der Waals surface area contributed by atoms with Gasteiger partial charge in [-0.2, -0.15) is 13.2 Å². The lowest BCUT2D eigenvalue weighted by atomic mass is 9.95. The Hall–Kier alpha value is -3.27. The number of ketones is 1. The van der Waals surface area contributed by atoms with Crippen LogP contribution in [0.2, 0.25) is 0 Å². The average Bonchev–Trinajstić information content (AvgIpc) is 3.03. The van der Waals surface area contributed by atoms with Crippen molar-refractivity contribution in [3.63, 3.8) is 0 Å². The van der Waals surface area contributed by atoms with Crippen LogP contribution >= 0.6 is 0 Å². The zero-order valence-corrected chi connectivity index (χ0v) is 18.6. The molecular formula is C23H24F3NO6. The zero-order valence-electron chi connectivity index (χ0n) is 18.6. The van der Waals surface area contributed by atoms with Crippen LogP contribution in [0.25, 0.3) is 11.1 Å². The molecule has 0 amide bonds. The topological polar surface area (TPSA) is 83.1 Å². The number of hydrogen-bond donors (Lipinski definition) is 1. The summed E-state index contributed by atoms with van der Waals surface area (Å²) in [6, 6.07) is 5.50. The number of methoxy groups -OCH3 is 4. The third kappa shape index (κ3) is 4.75. The number of carbonyl (C=O) groups excluding carboxylic acids is 1. The molecule has 0 spiro atoms. The van der Waals surface area contributed by atoms with Crippen LogP contribution in [0.15, 0.2) is 29.1 Å². The molecule has 3 rings (SSSR count). The maximum atomic E-state index is 12.8. The summed E-state index contributed by atoms with van der Waals surface area (Å²) < 4.78 is 60.1. The molecule has 178 valence electrons. The number of hydrogen-bond acceptors (Lipinski definition) is 7. The molecule has 0 fully saturated rings. The Bertz CT molecular complexity index is 1120. The van der Waals surface area contributed by atoms with Crippen LogP contribution in [0.4, 0.5) is 13.2 Å². The van der Waals surface area contributed by atoms with Gasteiger partial charge in [-0.1, -0.05) is 6.07 Å². The highest BCUT2D eigenvalue weighted by molar-refractivity contribution is 5.86. The Morgan fingerprint density at radius 3 is 2.24 bits per heavy atom. The smallest absolute Gasteiger partial charge is 0.451 e. The summed E-state index contributed by atoms with van der Waals surface area (Å²) in [5.74, 6) is -0.709. The van der Waals surface area contributed by atoms with E-state index in [0.29, 0.717) is 46.8 Å². The third-order valence-electron chi connectivity index (χ3n) is 5.55. The fraction of sp³-hybridized carbons (Fsp3) is 0.391. The summed E-state index contributed by atoms with van der Waals surface area (Å²) in [7, 11) is 5.75. The van der Waals surface area contributed by atoms with Gasteiger partial charge in [0.05, 0.1) is 35.0 Å². The minimum Gasteiger partial charge on any atom is -0.493 e. The molecule has 2 aromatic carbocycles. The van der Waals surface area contributed by atoms with Gasteiger partial charge in [-0.15, -0.1) is 0 Å². The molecule has 1 unspecified atom stereocenters. The summed E-state index contributed by atoms with van der Waals surface area (Å²) in [5.41, 5.74) is 1.92. The number of rotatable bonds is 7. The Morgan fingerprint density at radius 2 is 1.67 bits per heavy atom. The fourth-order valence-corrected chi connectivity index (χ4v) is 3.99. The molecular weight excluding hydrogens is 443 g/mol. The quantitative estimate of drug-likeness (QED) is 0.668. The first-order valence-corrected chi connectivity index (χ1v) is 10.0. The molecule has 7 nitrogen and oxygen atoms in total. The molecule has 0 aliphatic heterocycles. The van der Waals surface area contributed by atoms with E-state index < -0.39 is 30.0 Å². The molecule has 0 saturated carbocycles. The van der Waals surface area contributed by atoms with E-state index in [1.807, 2.05) is 0 Å². The van der Waals surface area contributed by atoms with Crippen molar-refractivity contribution in [3.8, 4) is 34.1 Å². The average molecular weight is 467 g/mol. The molecule has 0 radical (unpaired) electrons. The monoisotopic (exact) mass is 467 g/mol. The van der Waals surface area contributed by atoms with Crippen LogP contribution in [-0.2, 0) is 11.2 Å². The van der Waals surface area contributed by atoms with Crippen molar-refractivity contribution >= 4 is 5.78 Å². The fourth-order valence-electron chi connectivity index (χ4n) is 3.99. The van der Waals surface area contributed by atoms with Gasteiger partial charge in [0.25, 0.3) is 0 Å². The second kappa shape index (κ2) is 9.70. The van der Waals surface area contributed by atoms with Gasteiger partial charge in [-0.05, 0) is 47.7 Å². The van der Waals surface area contributed by atoms with Crippen molar-refractivity contribution in [1.29, 1.82) is 0 Å². The van der Waals surface area contributed by atoms with Gasteiger partial charge in [0, 0.05) is 11.6 Å².